The van der Waals surface area contributed by atoms with Gasteiger partial charge in [-0.05, 0) is 40.5 Å². The maximum atomic E-state index is 12.4. The predicted octanol–water partition coefficient (Wildman–Crippen LogP) is -2.47. The van der Waals surface area contributed by atoms with E-state index in [-0.39, 0.29) is 5.48 Å². The van der Waals surface area contributed by atoms with Gasteiger partial charge >= 0.3 is 23.4 Å². The largest absolute Gasteiger partial charge is 0.412 e. The van der Waals surface area contributed by atoms with Crippen molar-refractivity contribution in [3.8, 4) is 0 Å². The van der Waals surface area contributed by atoms with Crippen molar-refractivity contribution in [2.75, 3.05) is 13.1 Å². The second-order valence-electron chi connectivity index (χ2n) is 11.4. The summed E-state index contributed by atoms with van der Waals surface area (Å²) in [6.07, 6.45) is 4.11. The summed E-state index contributed by atoms with van der Waals surface area (Å²) in [5, 5.41) is 4.72. The first-order chi connectivity index (χ1) is 19.7. The third-order valence-corrected chi connectivity index (χ3v) is 9.11. The van der Waals surface area contributed by atoms with Gasteiger partial charge in [-0.25, -0.2) is 19.2 Å². The highest BCUT2D eigenvalue weighted by atomic mass is 16.2. The lowest BCUT2D eigenvalue weighted by Crippen LogP contribution is -2.90. The number of nitrogens with zero attached hydrogens (tertiary/aromatic N) is 4. The van der Waals surface area contributed by atoms with Gasteiger partial charge in [-0.15, -0.1) is 0 Å². The van der Waals surface area contributed by atoms with Crippen LogP contribution >= 0.6 is 0 Å². The van der Waals surface area contributed by atoms with E-state index in [2.05, 4.69) is 20.6 Å². The zero-order valence-corrected chi connectivity index (χ0v) is 24.1. The van der Waals surface area contributed by atoms with E-state index < -0.39 is 69.3 Å². The Balaban J connectivity index is 0.000000192. The van der Waals surface area contributed by atoms with Crippen molar-refractivity contribution in [3.63, 3.8) is 0 Å². The molecule has 0 bridgehead atoms. The number of imide groups is 2. The van der Waals surface area contributed by atoms with Gasteiger partial charge in [0.2, 0.25) is 11.8 Å². The zero-order chi connectivity index (χ0) is 30.7. The Bertz CT molecular complexity index is 1630. The molecule has 3 saturated heterocycles. The predicted molar refractivity (Wildman–Crippen MR) is 149 cm³/mol. The fraction of sp³-hybridized carbons (Fsp3) is 0.538. The maximum absolute atomic E-state index is 12.4. The molecular formula is C26H34N8O9. The number of aromatic nitrogens is 4. The highest BCUT2D eigenvalue weighted by Crippen LogP contribution is 2.63. The van der Waals surface area contributed by atoms with E-state index in [0.717, 1.165) is 0 Å². The first kappa shape index (κ1) is 31.1. The van der Waals surface area contributed by atoms with Crippen LogP contribution in [0.4, 0.5) is 9.59 Å². The summed E-state index contributed by atoms with van der Waals surface area (Å²) in [5.74, 6) is -0.863. The van der Waals surface area contributed by atoms with E-state index in [1.54, 1.807) is 37.5 Å². The van der Waals surface area contributed by atoms with E-state index in [1.807, 2.05) is 0 Å². The molecule has 6 rings (SSSR count). The molecule has 4 fully saturated rings. The Kier molecular flexibility index (Phi) is 7.82. The van der Waals surface area contributed by atoms with Crippen LogP contribution in [0.2, 0.25) is 0 Å². The lowest BCUT2D eigenvalue weighted by atomic mass is 9.42. The highest BCUT2D eigenvalue weighted by Gasteiger charge is 2.81. The summed E-state index contributed by atoms with van der Waals surface area (Å²) in [4.78, 5) is 102. The minimum atomic E-state index is -1.01. The van der Waals surface area contributed by atoms with Crippen LogP contribution < -0.4 is 33.1 Å². The van der Waals surface area contributed by atoms with Crippen molar-refractivity contribution in [1.29, 1.82) is 0 Å². The molecule has 232 valence electrons. The normalized spacial score (nSPS) is 27.0. The molecular weight excluding hydrogens is 568 g/mol. The van der Waals surface area contributed by atoms with Gasteiger partial charge in [0.15, 0.2) is 0 Å². The molecule has 17 nitrogen and oxygen atoms in total. The number of aryl methyl sites for hydroxylation is 4. The number of amides is 6. The van der Waals surface area contributed by atoms with E-state index >= 15 is 0 Å². The fourth-order valence-corrected chi connectivity index (χ4v) is 6.58. The number of fused-ring (bicyclic) bond motifs is 1. The number of rotatable bonds is 4. The molecule has 43 heavy (non-hydrogen) atoms. The average Bonchev–Trinajstić information content (AvgIpc) is 3.13. The average molecular weight is 603 g/mol. The lowest BCUT2D eigenvalue weighted by molar-refractivity contribution is -0.209. The topological polar surface area (TPSA) is 240 Å². The van der Waals surface area contributed by atoms with Crippen LogP contribution in [-0.2, 0) is 22.7 Å². The maximum Gasteiger partial charge on any atom is 0.328 e. The molecule has 3 aliphatic heterocycles. The minimum absolute atomic E-state index is 0. The van der Waals surface area contributed by atoms with Crippen molar-refractivity contribution in [2.45, 2.75) is 65.7 Å². The number of urea groups is 2. The molecule has 6 N–H and O–H groups in total. The summed E-state index contributed by atoms with van der Waals surface area (Å²) < 4.78 is 2.78. The summed E-state index contributed by atoms with van der Waals surface area (Å²) in [6.45, 7) is 8.33. The molecule has 0 radical (unpaired) electrons. The Labute approximate surface area is 243 Å². The molecule has 1 aliphatic carbocycles. The summed E-state index contributed by atoms with van der Waals surface area (Å²) in [7, 11) is 0. The molecule has 1 saturated carbocycles. The first-order valence-corrected chi connectivity index (χ1v) is 13.6. The Morgan fingerprint density at radius 2 is 1.07 bits per heavy atom. The lowest BCUT2D eigenvalue weighted by Gasteiger charge is -2.70. The van der Waals surface area contributed by atoms with Crippen molar-refractivity contribution in [2.24, 2.45) is 10.8 Å². The molecule has 5 heterocycles. The van der Waals surface area contributed by atoms with Crippen molar-refractivity contribution in [1.82, 2.24) is 39.5 Å². The smallest absolute Gasteiger partial charge is 0.328 e. The van der Waals surface area contributed by atoms with Crippen molar-refractivity contribution >= 4 is 23.9 Å². The van der Waals surface area contributed by atoms with Crippen LogP contribution in [0.1, 0.15) is 37.8 Å². The van der Waals surface area contributed by atoms with Gasteiger partial charge in [-0.1, -0.05) is 0 Å². The molecule has 17 heteroatoms. The number of hydrogen-bond donors (Lipinski definition) is 4. The summed E-state index contributed by atoms with van der Waals surface area (Å²) in [5.41, 5.74) is -2.88. The fourth-order valence-electron chi connectivity index (χ4n) is 6.58. The van der Waals surface area contributed by atoms with E-state index in [4.69, 9.17) is 0 Å². The number of nitrogens with one attached hydrogen (secondary N) is 4. The highest BCUT2D eigenvalue weighted by molar-refractivity contribution is 6.10. The van der Waals surface area contributed by atoms with Crippen LogP contribution in [0.5, 0.6) is 0 Å². The third-order valence-electron chi connectivity index (χ3n) is 9.11. The molecule has 2 aromatic heterocycles. The molecule has 0 aromatic carbocycles. The van der Waals surface area contributed by atoms with Gasteiger partial charge in [0, 0.05) is 49.7 Å². The number of carbonyl (C=O) groups is 4. The third kappa shape index (κ3) is 4.59. The minimum Gasteiger partial charge on any atom is -0.412 e. The zero-order valence-electron chi connectivity index (χ0n) is 24.1. The van der Waals surface area contributed by atoms with Gasteiger partial charge < -0.3 is 24.4 Å². The van der Waals surface area contributed by atoms with Crippen LogP contribution in [0.25, 0.3) is 0 Å². The molecule has 2 aromatic rings. The first-order valence-electron chi connectivity index (χ1n) is 13.6. The summed E-state index contributed by atoms with van der Waals surface area (Å²) in [6, 6.07) is -1.71. The Morgan fingerprint density at radius 1 is 0.698 bits per heavy atom. The second-order valence-corrected chi connectivity index (χ2v) is 11.4. The van der Waals surface area contributed by atoms with Crippen molar-refractivity contribution < 1.29 is 24.7 Å². The number of carbonyl (C=O) groups excluding carboxylic acids is 4. The van der Waals surface area contributed by atoms with Crippen LogP contribution in [0.3, 0.4) is 0 Å². The van der Waals surface area contributed by atoms with E-state index in [0.29, 0.717) is 50.1 Å². The number of aromatic amines is 2. The molecule has 4 atom stereocenters. The molecule has 0 unspecified atom stereocenters. The SMILES string of the molecule is C[C@@]12C(=O)NC(=O)N3CCCN4C(=O)NC(=O)[C@]1(C)[C@H]4[C@H]32.Cc1cn(CCCn2cc(C)c(=O)[nH]c2=O)c(=O)[nH]c1=O.O. The molecule has 0 spiro atoms. The second kappa shape index (κ2) is 10.8. The van der Waals surface area contributed by atoms with Gasteiger partial charge in [-0.3, -0.25) is 39.8 Å². The number of H-pyrrole nitrogens is 2. The number of hydrogen-bond acceptors (Lipinski definition) is 8. The van der Waals surface area contributed by atoms with Gasteiger partial charge in [0.1, 0.15) is 0 Å². The standard InChI is InChI=1S/2C13H16N4O4.H2O/c1-12-6-7-13(12,2)9(19)15-11(21)17(7)5-3-4-16(6)10(20)14-8(12)18;1-8-6-16(12(20)14-10(8)18)4-3-5-17-7-9(2)11(19)15-13(17)21;/h2*6-7H,3-5H2,1-2H3,(H,14,18,20)(H,15,19,21);1H2/t6-,7+,12+,13-;;. The van der Waals surface area contributed by atoms with Gasteiger partial charge in [0.25, 0.3) is 11.1 Å². The van der Waals surface area contributed by atoms with E-state index in [9.17, 15) is 38.4 Å². The Hall–Kier alpha value is -4.80. The monoisotopic (exact) mass is 602 g/mol. The Morgan fingerprint density at radius 3 is 1.44 bits per heavy atom. The van der Waals surface area contributed by atoms with Crippen molar-refractivity contribution in [3.05, 3.63) is 65.2 Å². The molecule has 6 amide bonds. The summed E-state index contributed by atoms with van der Waals surface area (Å²) >= 11 is 0. The van der Waals surface area contributed by atoms with Gasteiger partial charge in [0.05, 0.1) is 22.9 Å². The van der Waals surface area contributed by atoms with E-state index in [1.165, 1.54) is 21.5 Å². The quantitative estimate of drug-likeness (QED) is 0.291. The van der Waals surface area contributed by atoms with Gasteiger partial charge in [-0.2, -0.15) is 0 Å². The van der Waals surface area contributed by atoms with Crippen LogP contribution in [0.15, 0.2) is 31.6 Å². The van der Waals surface area contributed by atoms with Crippen LogP contribution in [0, 0.1) is 24.7 Å². The molecule has 4 aliphatic rings. The van der Waals surface area contributed by atoms with Crippen LogP contribution in [-0.4, -0.2) is 83.4 Å².